The third-order valence-corrected chi connectivity index (χ3v) is 6.92. The summed E-state index contributed by atoms with van der Waals surface area (Å²) in [5.74, 6) is -8.06. The zero-order valence-corrected chi connectivity index (χ0v) is 22.0. The van der Waals surface area contributed by atoms with Crippen LogP contribution >= 0.6 is 0 Å². The highest BCUT2D eigenvalue weighted by atomic mass is 19.4. The lowest BCUT2D eigenvalue weighted by Crippen LogP contribution is -2.19. The zero-order valence-electron chi connectivity index (χ0n) is 22.0. The molecule has 4 rings (SSSR count). The molecule has 3 aromatic carbocycles. The van der Waals surface area contributed by atoms with Crippen LogP contribution in [0.4, 0.5) is 43.9 Å². The van der Waals surface area contributed by atoms with Gasteiger partial charge in [0.15, 0.2) is 11.6 Å². The molecule has 3 aromatic rings. The van der Waals surface area contributed by atoms with E-state index in [2.05, 4.69) is 4.74 Å². The van der Waals surface area contributed by atoms with Gasteiger partial charge in [-0.1, -0.05) is 25.5 Å². The summed E-state index contributed by atoms with van der Waals surface area (Å²) in [6, 6.07) is 7.49. The van der Waals surface area contributed by atoms with Crippen molar-refractivity contribution in [3.05, 3.63) is 88.5 Å². The van der Waals surface area contributed by atoms with Gasteiger partial charge < -0.3 is 4.74 Å². The maximum atomic E-state index is 14.7. The number of ether oxygens (including phenoxy) is 1. The van der Waals surface area contributed by atoms with E-state index >= 15 is 0 Å². The highest BCUT2D eigenvalue weighted by molar-refractivity contribution is 5.65. The van der Waals surface area contributed by atoms with Gasteiger partial charge in [0.1, 0.15) is 23.3 Å². The van der Waals surface area contributed by atoms with Crippen molar-refractivity contribution < 1.29 is 48.6 Å². The van der Waals surface area contributed by atoms with E-state index in [0.29, 0.717) is 25.2 Å². The normalized spacial score (nSPS) is 17.1. The van der Waals surface area contributed by atoms with Crippen LogP contribution < -0.4 is 4.74 Å². The van der Waals surface area contributed by atoms with Crippen molar-refractivity contribution in [2.45, 2.75) is 64.1 Å². The van der Waals surface area contributed by atoms with Crippen molar-refractivity contribution in [2.75, 3.05) is 6.67 Å². The van der Waals surface area contributed by atoms with Crippen molar-refractivity contribution in [1.29, 1.82) is 0 Å². The quantitative estimate of drug-likeness (QED) is 0.247. The standard InChI is InChI=1S/C23H26F4.C7H2F6O/c1-2-3-16-6-9-19(20(25)12-16)18-13-21(26)23(22(27)14-18)17-7-4-15(5-8-17)10-11-24;8-3-1-4(9)6(5(10)2-3)14-7(11,12)13/h6,9,12-15,17H,2-5,7-8,10-11H2,1H3;1-2H. The van der Waals surface area contributed by atoms with E-state index in [1.807, 2.05) is 6.92 Å². The number of hydrogen-bond acceptors (Lipinski definition) is 1. The lowest BCUT2D eigenvalue weighted by Gasteiger charge is -2.28. The van der Waals surface area contributed by atoms with Crippen molar-refractivity contribution in [1.82, 2.24) is 0 Å². The monoisotopic (exact) mass is 594 g/mol. The summed E-state index contributed by atoms with van der Waals surface area (Å²) in [5, 5.41) is 0. The second-order valence-electron chi connectivity index (χ2n) is 9.86. The Kier molecular flexibility index (Phi) is 11.1. The number of benzene rings is 3. The van der Waals surface area contributed by atoms with Crippen LogP contribution in [-0.4, -0.2) is 13.0 Å². The third kappa shape index (κ3) is 8.87. The van der Waals surface area contributed by atoms with E-state index in [4.69, 9.17) is 0 Å². The predicted molar refractivity (Wildman–Crippen MR) is 134 cm³/mol. The summed E-state index contributed by atoms with van der Waals surface area (Å²) in [6.45, 7) is 1.68. The first-order chi connectivity index (χ1) is 19.3. The van der Waals surface area contributed by atoms with Crippen LogP contribution in [0.15, 0.2) is 42.5 Å². The first-order valence-electron chi connectivity index (χ1n) is 13.1. The third-order valence-electron chi connectivity index (χ3n) is 6.92. The van der Waals surface area contributed by atoms with Crippen LogP contribution in [-0.2, 0) is 6.42 Å². The minimum atomic E-state index is -5.22. The molecule has 0 unspecified atom stereocenters. The van der Waals surface area contributed by atoms with E-state index in [-0.39, 0.29) is 41.4 Å². The van der Waals surface area contributed by atoms with Crippen molar-refractivity contribution in [3.8, 4) is 16.9 Å². The molecule has 224 valence electrons. The van der Waals surface area contributed by atoms with Gasteiger partial charge in [-0.3, -0.25) is 4.39 Å². The molecule has 0 N–H and O–H groups in total. The molecule has 0 radical (unpaired) electrons. The van der Waals surface area contributed by atoms with E-state index in [1.54, 1.807) is 12.1 Å². The summed E-state index contributed by atoms with van der Waals surface area (Å²) >= 11 is 0. The van der Waals surface area contributed by atoms with Crippen molar-refractivity contribution in [2.24, 2.45) is 5.92 Å². The van der Waals surface area contributed by atoms with E-state index in [0.717, 1.165) is 31.2 Å². The molecule has 0 bridgehead atoms. The van der Waals surface area contributed by atoms with Gasteiger partial charge in [0, 0.05) is 23.3 Å². The Morgan fingerprint density at radius 2 is 1.34 bits per heavy atom. The minimum absolute atomic E-state index is 0.0875. The molecule has 1 aliphatic carbocycles. The summed E-state index contributed by atoms with van der Waals surface area (Å²) in [6.07, 6.45) is -0.0982. The summed E-state index contributed by atoms with van der Waals surface area (Å²) in [7, 11) is 0. The van der Waals surface area contributed by atoms with E-state index < -0.39 is 47.0 Å². The van der Waals surface area contributed by atoms with Gasteiger partial charge in [-0.15, -0.1) is 13.2 Å². The molecule has 0 saturated heterocycles. The van der Waals surface area contributed by atoms with Crippen LogP contribution in [0.5, 0.6) is 5.75 Å². The Hall–Kier alpha value is -3.24. The lowest BCUT2D eigenvalue weighted by molar-refractivity contribution is -0.276. The molecule has 11 heteroatoms. The number of rotatable bonds is 7. The second-order valence-corrected chi connectivity index (χ2v) is 9.86. The summed E-state index contributed by atoms with van der Waals surface area (Å²) < 4.78 is 131. The molecular weight excluding hydrogens is 566 g/mol. The molecule has 0 atom stereocenters. The summed E-state index contributed by atoms with van der Waals surface area (Å²) in [5.41, 5.74) is 1.41. The van der Waals surface area contributed by atoms with Crippen LogP contribution in [0.25, 0.3) is 11.1 Å². The predicted octanol–water partition coefficient (Wildman–Crippen LogP) is 10.4. The first kappa shape index (κ1) is 32.3. The van der Waals surface area contributed by atoms with Crippen molar-refractivity contribution in [3.63, 3.8) is 0 Å². The first-order valence-corrected chi connectivity index (χ1v) is 13.1. The minimum Gasteiger partial charge on any atom is -0.399 e. The van der Waals surface area contributed by atoms with E-state index in [9.17, 15) is 43.9 Å². The van der Waals surface area contributed by atoms with Gasteiger partial charge >= 0.3 is 6.36 Å². The van der Waals surface area contributed by atoms with Crippen LogP contribution in [0.3, 0.4) is 0 Å². The SMILES string of the molecule is CCCc1ccc(-c2cc(F)c(C3CCC(CCF)CC3)c(F)c2)c(F)c1.Fc1cc(F)c(OC(F)(F)F)c(F)c1. The molecule has 0 aliphatic heterocycles. The Bertz CT molecular complexity index is 1270. The Morgan fingerprint density at radius 1 is 0.756 bits per heavy atom. The van der Waals surface area contributed by atoms with Gasteiger partial charge in [-0.05, 0) is 79.7 Å². The maximum Gasteiger partial charge on any atom is 0.573 e. The number of hydrogen-bond donors (Lipinski definition) is 0. The van der Waals surface area contributed by atoms with Crippen molar-refractivity contribution >= 4 is 0 Å². The largest absolute Gasteiger partial charge is 0.573 e. The summed E-state index contributed by atoms with van der Waals surface area (Å²) in [4.78, 5) is 0. The second kappa shape index (κ2) is 14.1. The maximum absolute atomic E-state index is 14.7. The Morgan fingerprint density at radius 3 is 1.83 bits per heavy atom. The number of halogens is 10. The fourth-order valence-corrected chi connectivity index (χ4v) is 5.00. The highest BCUT2D eigenvalue weighted by Crippen LogP contribution is 2.40. The number of alkyl halides is 4. The van der Waals surface area contributed by atoms with Crippen LogP contribution in [0.2, 0.25) is 0 Å². The molecule has 1 nitrogen and oxygen atoms in total. The number of aryl methyl sites for hydroxylation is 1. The van der Waals surface area contributed by atoms with Gasteiger partial charge in [0.05, 0.1) is 6.67 Å². The van der Waals surface area contributed by atoms with Crippen LogP contribution in [0.1, 0.15) is 62.5 Å². The molecule has 1 aliphatic rings. The molecule has 0 spiro atoms. The lowest BCUT2D eigenvalue weighted by atomic mass is 9.77. The van der Waals surface area contributed by atoms with Gasteiger partial charge in [-0.25, -0.2) is 26.3 Å². The zero-order chi connectivity index (χ0) is 30.3. The average Bonchev–Trinajstić information content (AvgIpc) is 2.87. The molecule has 1 saturated carbocycles. The molecule has 41 heavy (non-hydrogen) atoms. The smallest absolute Gasteiger partial charge is 0.399 e. The molecule has 1 fully saturated rings. The Labute approximate surface area is 231 Å². The fourth-order valence-electron chi connectivity index (χ4n) is 5.00. The average molecular weight is 595 g/mol. The molecule has 0 heterocycles. The molecule has 0 aromatic heterocycles. The fraction of sp³-hybridized carbons (Fsp3) is 0.400. The van der Waals surface area contributed by atoms with Gasteiger partial charge in [0.25, 0.3) is 0 Å². The molecule has 0 amide bonds. The molecular formula is C30H28F10O. The van der Waals surface area contributed by atoms with Crippen LogP contribution in [0, 0.1) is 40.8 Å². The topological polar surface area (TPSA) is 9.23 Å². The Balaban J connectivity index is 0.000000278. The van der Waals surface area contributed by atoms with Gasteiger partial charge in [-0.2, -0.15) is 0 Å². The van der Waals surface area contributed by atoms with E-state index in [1.165, 1.54) is 18.2 Å². The highest BCUT2D eigenvalue weighted by Gasteiger charge is 2.34. The van der Waals surface area contributed by atoms with Gasteiger partial charge in [0.2, 0.25) is 5.75 Å².